The molecule has 1 unspecified atom stereocenters. The summed E-state index contributed by atoms with van der Waals surface area (Å²) in [4.78, 5) is 22.0. The number of rotatable bonds is 4. The molecule has 0 fully saturated rings. The van der Waals surface area contributed by atoms with Crippen LogP contribution in [0.3, 0.4) is 0 Å². The molecule has 0 saturated heterocycles. The van der Waals surface area contributed by atoms with Gasteiger partial charge in [-0.05, 0) is 49.2 Å². The highest BCUT2D eigenvalue weighted by molar-refractivity contribution is 6.31. The van der Waals surface area contributed by atoms with Crippen LogP contribution in [0.4, 0.5) is 4.79 Å². The van der Waals surface area contributed by atoms with E-state index in [0.717, 1.165) is 0 Å². The van der Waals surface area contributed by atoms with Crippen molar-refractivity contribution in [2.75, 3.05) is 0 Å². The zero-order valence-electron chi connectivity index (χ0n) is 11.4. The molecule has 0 radical (unpaired) electrons. The van der Waals surface area contributed by atoms with Crippen LogP contribution < -0.4 is 5.32 Å². The number of carbonyl (C=O) groups excluding carboxylic acids is 1. The molecule has 1 rings (SSSR count). The zero-order valence-corrected chi connectivity index (χ0v) is 13.0. The van der Waals surface area contributed by atoms with Crippen LogP contribution in [0.25, 0.3) is 0 Å². The molecular weight excluding hydrogens is 303 g/mol. The maximum Gasteiger partial charge on any atom is 0.407 e. The van der Waals surface area contributed by atoms with Crippen LogP contribution in [0.1, 0.15) is 37.4 Å². The molecule has 0 heterocycles. The fourth-order valence-electron chi connectivity index (χ4n) is 1.42. The highest BCUT2D eigenvalue weighted by Gasteiger charge is 2.16. The average Bonchev–Trinajstić information content (AvgIpc) is 2.34. The number of ether oxygens (including phenoxy) is 1. The Labute approximate surface area is 127 Å². The van der Waals surface area contributed by atoms with Gasteiger partial charge in [0.25, 0.3) is 0 Å². The van der Waals surface area contributed by atoms with Gasteiger partial charge in [0.15, 0.2) is 5.50 Å². The smallest absolute Gasteiger partial charge is 0.407 e. The van der Waals surface area contributed by atoms with Crippen molar-refractivity contribution in [3.05, 3.63) is 39.3 Å². The van der Waals surface area contributed by atoms with Crippen LogP contribution in [0.15, 0.2) is 23.4 Å². The van der Waals surface area contributed by atoms with Gasteiger partial charge in [-0.25, -0.2) is 4.79 Å². The van der Waals surface area contributed by atoms with E-state index < -0.39 is 17.2 Å². The number of halogens is 2. The normalized spacial score (nSPS) is 12.7. The molecule has 5 nitrogen and oxygen atoms in total. The summed E-state index contributed by atoms with van der Waals surface area (Å²) in [6.45, 7) is 5.49. The monoisotopic (exact) mass is 318 g/mol. The van der Waals surface area contributed by atoms with Crippen molar-refractivity contribution in [1.82, 2.24) is 5.32 Å². The third-order valence-electron chi connectivity index (χ3n) is 2.26. The maximum absolute atomic E-state index is 11.5. The van der Waals surface area contributed by atoms with Gasteiger partial charge in [0.1, 0.15) is 5.60 Å². The lowest BCUT2D eigenvalue weighted by molar-refractivity contribution is 0.0523. The zero-order chi connectivity index (χ0) is 15.3. The van der Waals surface area contributed by atoms with Crippen molar-refractivity contribution in [2.45, 2.75) is 38.4 Å². The van der Waals surface area contributed by atoms with Gasteiger partial charge < -0.3 is 10.1 Å². The number of benzene rings is 1. The molecule has 0 aliphatic carbocycles. The van der Waals surface area contributed by atoms with E-state index in [1.54, 1.807) is 39.0 Å². The molecular formula is C13H16Cl2N2O3. The Morgan fingerprint density at radius 1 is 1.45 bits per heavy atom. The first-order valence-corrected chi connectivity index (χ1v) is 6.76. The highest BCUT2D eigenvalue weighted by atomic mass is 35.5. The Bertz CT molecular complexity index is 501. The van der Waals surface area contributed by atoms with E-state index in [9.17, 15) is 9.70 Å². The summed E-state index contributed by atoms with van der Waals surface area (Å²) in [7, 11) is 0. The molecule has 0 bridgehead atoms. The van der Waals surface area contributed by atoms with Crippen LogP contribution in [0.2, 0.25) is 5.02 Å². The fraction of sp³-hybridized carbons (Fsp3) is 0.462. The molecule has 0 spiro atoms. The molecule has 110 valence electrons. The Hall–Kier alpha value is -1.33. The summed E-state index contributed by atoms with van der Waals surface area (Å²) < 4.78 is 5.11. The number of hydrogen-bond acceptors (Lipinski definition) is 4. The van der Waals surface area contributed by atoms with E-state index in [1.807, 2.05) is 0 Å². The molecule has 7 heteroatoms. The minimum atomic E-state index is -0.979. The van der Waals surface area contributed by atoms with E-state index in [4.69, 9.17) is 27.9 Å². The number of hydrogen-bond donors (Lipinski definition) is 1. The van der Waals surface area contributed by atoms with Crippen molar-refractivity contribution >= 4 is 29.3 Å². The second kappa shape index (κ2) is 6.90. The van der Waals surface area contributed by atoms with Gasteiger partial charge in [-0.1, -0.05) is 29.3 Å². The van der Waals surface area contributed by atoms with Crippen molar-refractivity contribution < 1.29 is 9.53 Å². The molecule has 0 aliphatic heterocycles. The number of alkyl halides is 1. The minimum absolute atomic E-state index is 0.171. The second-order valence-electron chi connectivity index (χ2n) is 5.15. The molecule has 1 N–H and O–H groups in total. The van der Waals surface area contributed by atoms with E-state index in [2.05, 4.69) is 10.5 Å². The topological polar surface area (TPSA) is 67.8 Å². The second-order valence-corrected chi connectivity index (χ2v) is 5.97. The van der Waals surface area contributed by atoms with Gasteiger partial charge in [-0.3, -0.25) is 0 Å². The van der Waals surface area contributed by atoms with Crippen LogP contribution >= 0.6 is 23.2 Å². The van der Waals surface area contributed by atoms with Crippen LogP contribution in [0.5, 0.6) is 0 Å². The van der Waals surface area contributed by atoms with Gasteiger partial charge in [0, 0.05) is 11.6 Å². The first-order valence-electron chi connectivity index (χ1n) is 5.94. The molecule has 0 aliphatic rings. The van der Waals surface area contributed by atoms with Crippen molar-refractivity contribution in [1.29, 1.82) is 0 Å². The summed E-state index contributed by atoms with van der Waals surface area (Å²) in [5, 5.41) is 5.77. The first-order chi connectivity index (χ1) is 9.23. The predicted molar refractivity (Wildman–Crippen MR) is 78.9 cm³/mol. The average molecular weight is 319 g/mol. The Balaban J connectivity index is 2.72. The van der Waals surface area contributed by atoms with E-state index in [-0.39, 0.29) is 6.54 Å². The van der Waals surface area contributed by atoms with E-state index in [1.165, 1.54) is 0 Å². The Morgan fingerprint density at radius 2 is 2.10 bits per heavy atom. The van der Waals surface area contributed by atoms with Crippen molar-refractivity contribution in [3.63, 3.8) is 0 Å². The third-order valence-corrected chi connectivity index (χ3v) is 2.96. The van der Waals surface area contributed by atoms with Gasteiger partial charge >= 0.3 is 6.09 Å². The van der Waals surface area contributed by atoms with E-state index in [0.29, 0.717) is 16.1 Å². The molecule has 0 aromatic heterocycles. The quantitative estimate of drug-likeness (QED) is 0.509. The molecule has 1 aromatic carbocycles. The summed E-state index contributed by atoms with van der Waals surface area (Å²) in [6.07, 6.45) is -0.546. The number of nitroso groups, excluding NO2 is 1. The fourth-order valence-corrected chi connectivity index (χ4v) is 1.74. The van der Waals surface area contributed by atoms with E-state index >= 15 is 0 Å². The van der Waals surface area contributed by atoms with Gasteiger partial charge in [-0.15, -0.1) is 4.91 Å². The minimum Gasteiger partial charge on any atom is -0.444 e. The van der Waals surface area contributed by atoms with Gasteiger partial charge in [0.2, 0.25) is 0 Å². The van der Waals surface area contributed by atoms with Crippen LogP contribution in [0, 0.1) is 4.91 Å². The summed E-state index contributed by atoms with van der Waals surface area (Å²) in [6, 6.07) is 4.83. The predicted octanol–water partition coefficient (Wildman–Crippen LogP) is 4.37. The largest absolute Gasteiger partial charge is 0.444 e. The van der Waals surface area contributed by atoms with Crippen LogP contribution in [-0.4, -0.2) is 11.7 Å². The molecule has 20 heavy (non-hydrogen) atoms. The number of alkyl carbamates (subject to hydrolysis) is 1. The molecule has 1 atom stereocenters. The number of carbonyl (C=O) groups is 1. The molecule has 0 saturated carbocycles. The Morgan fingerprint density at radius 3 is 2.65 bits per heavy atom. The van der Waals surface area contributed by atoms with Gasteiger partial charge in [-0.2, -0.15) is 0 Å². The van der Waals surface area contributed by atoms with Crippen LogP contribution in [-0.2, 0) is 11.3 Å². The molecule has 1 aromatic rings. The van der Waals surface area contributed by atoms with Crippen molar-refractivity contribution in [2.24, 2.45) is 5.18 Å². The molecule has 1 amide bonds. The maximum atomic E-state index is 11.5. The summed E-state index contributed by atoms with van der Waals surface area (Å²) in [5.74, 6) is 0. The number of nitrogens with one attached hydrogen (secondary N) is 1. The lowest BCUT2D eigenvalue weighted by Crippen LogP contribution is -2.32. The first kappa shape index (κ1) is 16.7. The lowest BCUT2D eigenvalue weighted by Gasteiger charge is -2.20. The number of amides is 1. The highest BCUT2D eigenvalue weighted by Crippen LogP contribution is 2.26. The standard InChI is InChI=1S/C13H16Cl2N2O3/c1-13(2,3)20-12(18)16-7-9-6-8(11(15)17-19)4-5-10(9)14/h4-6,11H,7H2,1-3H3,(H,16,18). The van der Waals surface area contributed by atoms with Crippen molar-refractivity contribution in [3.8, 4) is 0 Å². The SMILES string of the molecule is CC(C)(C)OC(=O)NCc1cc(C(Cl)N=O)ccc1Cl. The Kier molecular flexibility index (Phi) is 5.77. The third kappa shape index (κ3) is 5.35. The summed E-state index contributed by atoms with van der Waals surface area (Å²) >= 11 is 11.7. The lowest BCUT2D eigenvalue weighted by atomic mass is 10.1. The number of nitrogens with zero attached hydrogens (tertiary/aromatic N) is 1. The van der Waals surface area contributed by atoms with Gasteiger partial charge in [0.05, 0.1) is 0 Å². The summed E-state index contributed by atoms with van der Waals surface area (Å²) in [5.41, 5.74) is -0.401.